The Kier molecular flexibility index (Phi) is 12.3. The summed E-state index contributed by atoms with van der Waals surface area (Å²) >= 11 is 0. The minimum Gasteiger partial charge on any atom is -0.506 e. The predicted octanol–water partition coefficient (Wildman–Crippen LogP) is 5.31. The van der Waals surface area contributed by atoms with Gasteiger partial charge in [0.05, 0.1) is 17.9 Å². The third-order valence-electron chi connectivity index (χ3n) is 5.76. The average molecular weight is 556 g/mol. The minimum atomic E-state index is -3.67. The van der Waals surface area contributed by atoms with E-state index in [1.807, 2.05) is 0 Å². The van der Waals surface area contributed by atoms with Gasteiger partial charge in [-0.15, -0.1) is 0 Å². The molecule has 8 nitrogen and oxygen atoms in total. The van der Waals surface area contributed by atoms with Crippen LogP contribution in [0.15, 0.2) is 59.4 Å². The molecule has 2 aromatic carbocycles. The molecule has 11 heteroatoms. The van der Waals surface area contributed by atoms with Gasteiger partial charge < -0.3 is 19.9 Å². The summed E-state index contributed by atoms with van der Waals surface area (Å²) in [5, 5.41) is 21.2. The summed E-state index contributed by atoms with van der Waals surface area (Å²) in [5.74, 6) is -2.99. The van der Waals surface area contributed by atoms with E-state index in [1.165, 1.54) is 24.3 Å². The van der Waals surface area contributed by atoms with Crippen molar-refractivity contribution in [2.45, 2.75) is 57.0 Å². The number of aromatic nitrogens is 1. The van der Waals surface area contributed by atoms with Gasteiger partial charge in [-0.25, -0.2) is 0 Å². The number of halogens is 2. The Morgan fingerprint density at radius 1 is 0.947 bits per heavy atom. The van der Waals surface area contributed by atoms with E-state index in [0.29, 0.717) is 35.7 Å². The van der Waals surface area contributed by atoms with E-state index in [0.717, 1.165) is 38.5 Å². The molecule has 0 aliphatic rings. The Morgan fingerprint density at radius 2 is 1.55 bits per heavy atom. The monoisotopic (exact) mass is 555 g/mol. The number of hydrogen-bond donors (Lipinski definition) is 4. The summed E-state index contributed by atoms with van der Waals surface area (Å²) in [6.45, 7) is -0.286. The molecule has 0 radical (unpaired) electrons. The first kappa shape index (κ1) is 31.4. The highest BCUT2D eigenvalue weighted by Crippen LogP contribution is 2.31. The van der Waals surface area contributed by atoms with Crippen molar-refractivity contribution in [2.24, 2.45) is 0 Å². The van der Waals surface area contributed by atoms with Crippen molar-refractivity contribution in [1.29, 1.82) is 0 Å². The van der Waals surface area contributed by atoms with E-state index in [4.69, 9.17) is 9.29 Å². The van der Waals surface area contributed by atoms with Crippen LogP contribution in [-0.4, -0.2) is 47.6 Å². The van der Waals surface area contributed by atoms with Gasteiger partial charge in [-0.3, -0.25) is 9.35 Å². The molecule has 0 aliphatic carbocycles. The van der Waals surface area contributed by atoms with Crippen LogP contribution in [0.1, 0.15) is 62.2 Å². The number of aliphatic hydroxyl groups excluding tert-OH is 1. The molecule has 4 N–H and O–H groups in total. The molecule has 210 valence electrons. The number of hydrogen-bond acceptors (Lipinski definition) is 6. The molecule has 0 spiro atoms. The van der Waals surface area contributed by atoms with Crippen molar-refractivity contribution >= 4 is 21.0 Å². The highest BCUT2D eigenvalue weighted by molar-refractivity contribution is 7.85. The molecule has 0 unspecified atom stereocenters. The number of aromatic amines is 1. The SMILES string of the molecule is CS(=O)(=O)O.O=c1ccc2c([C@@H](O)CCCCCCCCOCC(F)(F)c3ccccc3)ccc(O)c2[nH]1. The summed E-state index contributed by atoms with van der Waals surface area (Å²) in [6, 6.07) is 13.9. The fourth-order valence-electron chi connectivity index (χ4n) is 3.92. The molecule has 0 amide bonds. The van der Waals surface area contributed by atoms with Crippen molar-refractivity contribution in [2.75, 3.05) is 19.5 Å². The fraction of sp³-hybridized carbons (Fsp3) is 0.444. The van der Waals surface area contributed by atoms with Crippen LogP contribution in [-0.2, 0) is 20.8 Å². The first-order valence-electron chi connectivity index (χ1n) is 12.3. The molecule has 1 atom stereocenters. The van der Waals surface area contributed by atoms with Crippen LogP contribution in [0.3, 0.4) is 0 Å². The summed E-state index contributed by atoms with van der Waals surface area (Å²) in [5.41, 5.74) is 0.687. The van der Waals surface area contributed by atoms with E-state index in [1.54, 1.807) is 30.3 Å². The smallest absolute Gasteiger partial charge is 0.296 e. The quantitative estimate of drug-likeness (QED) is 0.166. The average Bonchev–Trinajstić information content (AvgIpc) is 2.85. The first-order chi connectivity index (χ1) is 17.9. The Morgan fingerprint density at radius 3 is 2.21 bits per heavy atom. The highest BCUT2D eigenvalue weighted by atomic mass is 32.2. The number of nitrogens with one attached hydrogen (secondary N) is 1. The van der Waals surface area contributed by atoms with Crippen molar-refractivity contribution in [1.82, 2.24) is 4.98 Å². The van der Waals surface area contributed by atoms with Crippen LogP contribution < -0.4 is 5.56 Å². The predicted molar refractivity (Wildman–Crippen MR) is 142 cm³/mol. The molecule has 3 aromatic rings. The van der Waals surface area contributed by atoms with E-state index in [-0.39, 0.29) is 16.9 Å². The van der Waals surface area contributed by atoms with E-state index >= 15 is 0 Å². The lowest BCUT2D eigenvalue weighted by atomic mass is 9.98. The molecular weight excluding hydrogens is 520 g/mol. The van der Waals surface area contributed by atoms with Gasteiger partial charge in [-0.1, -0.05) is 68.5 Å². The number of unbranched alkanes of at least 4 members (excludes halogenated alkanes) is 5. The molecule has 0 aliphatic heterocycles. The summed E-state index contributed by atoms with van der Waals surface area (Å²) in [7, 11) is -3.67. The Balaban J connectivity index is 0.000000926. The van der Waals surface area contributed by atoms with Gasteiger partial charge in [0.25, 0.3) is 16.0 Å². The number of alkyl halides is 2. The molecule has 3 rings (SSSR count). The molecule has 38 heavy (non-hydrogen) atoms. The van der Waals surface area contributed by atoms with Crippen LogP contribution in [0.25, 0.3) is 10.9 Å². The van der Waals surface area contributed by atoms with E-state index in [2.05, 4.69) is 4.98 Å². The zero-order valence-electron chi connectivity index (χ0n) is 21.3. The number of phenolic OH excluding ortho intramolecular Hbond substituents is 1. The van der Waals surface area contributed by atoms with Crippen LogP contribution in [0.5, 0.6) is 5.75 Å². The van der Waals surface area contributed by atoms with Crippen molar-refractivity contribution in [3.63, 3.8) is 0 Å². The Bertz CT molecular complexity index is 1290. The van der Waals surface area contributed by atoms with Gasteiger partial charge in [0.1, 0.15) is 12.4 Å². The van der Waals surface area contributed by atoms with Gasteiger partial charge in [-0.2, -0.15) is 17.2 Å². The topological polar surface area (TPSA) is 137 Å². The molecule has 1 aromatic heterocycles. The number of fused-ring (bicyclic) bond motifs is 1. The second-order valence-corrected chi connectivity index (χ2v) is 10.5. The van der Waals surface area contributed by atoms with E-state index < -0.39 is 28.8 Å². The van der Waals surface area contributed by atoms with Crippen molar-refractivity contribution in [3.8, 4) is 5.75 Å². The Labute approximate surface area is 221 Å². The largest absolute Gasteiger partial charge is 0.506 e. The van der Waals surface area contributed by atoms with Crippen molar-refractivity contribution in [3.05, 3.63) is 76.1 Å². The summed E-state index contributed by atoms with van der Waals surface area (Å²) in [6.07, 6.45) is 6.04. The number of ether oxygens (including phenoxy) is 1. The maximum Gasteiger partial charge on any atom is 0.296 e. The molecule has 0 saturated heterocycles. The zero-order chi connectivity index (χ0) is 28.2. The number of rotatable bonds is 13. The summed E-state index contributed by atoms with van der Waals surface area (Å²) < 4.78 is 59.1. The lowest BCUT2D eigenvalue weighted by molar-refractivity contribution is -0.0831. The van der Waals surface area contributed by atoms with Gasteiger partial charge in [0, 0.05) is 23.6 Å². The molecule has 1 heterocycles. The lowest BCUT2D eigenvalue weighted by Gasteiger charge is -2.16. The number of pyridine rings is 1. The number of benzene rings is 2. The van der Waals surface area contributed by atoms with Crippen LogP contribution in [0.4, 0.5) is 8.78 Å². The third-order valence-corrected chi connectivity index (χ3v) is 5.76. The first-order valence-corrected chi connectivity index (χ1v) is 14.2. The highest BCUT2D eigenvalue weighted by Gasteiger charge is 2.31. The van der Waals surface area contributed by atoms with Gasteiger partial charge in [-0.05, 0) is 30.5 Å². The standard InChI is InChI=1S/C26H31F2NO4.CH4O3S/c27-26(28,19-10-6-5-7-11-19)18-33-17-9-4-2-1-3-8-12-22(30)20-13-15-23(31)25-21(20)14-16-24(32)29-25;1-5(2,3)4/h5-7,10-11,13-16,22,30-31H,1-4,8-9,12,17-18H2,(H,29,32);1H3,(H,2,3,4)/t22-;/m0./s1. The molecule has 0 bridgehead atoms. The molecule has 0 saturated carbocycles. The number of aliphatic hydroxyl groups is 1. The Hall–Kier alpha value is -2.86. The van der Waals surface area contributed by atoms with E-state index in [9.17, 15) is 32.2 Å². The van der Waals surface area contributed by atoms with Crippen LogP contribution >= 0.6 is 0 Å². The van der Waals surface area contributed by atoms with Crippen LogP contribution in [0.2, 0.25) is 0 Å². The number of phenols is 1. The van der Waals surface area contributed by atoms with Crippen molar-refractivity contribution < 1.29 is 36.7 Å². The zero-order valence-corrected chi connectivity index (χ0v) is 22.1. The van der Waals surface area contributed by atoms with Gasteiger partial charge >= 0.3 is 0 Å². The molecule has 0 fully saturated rings. The second kappa shape index (κ2) is 14.9. The summed E-state index contributed by atoms with van der Waals surface area (Å²) in [4.78, 5) is 14.1. The number of aromatic hydroxyl groups is 1. The normalized spacial score (nSPS) is 12.7. The maximum absolute atomic E-state index is 14.0. The lowest BCUT2D eigenvalue weighted by Crippen LogP contribution is -2.21. The van der Waals surface area contributed by atoms with Gasteiger partial charge in [0.15, 0.2) is 0 Å². The molecular formula is C27H35F2NO7S. The fourth-order valence-corrected chi connectivity index (χ4v) is 3.92. The maximum atomic E-state index is 14.0. The third kappa shape index (κ3) is 11.3. The van der Waals surface area contributed by atoms with Crippen LogP contribution in [0, 0.1) is 0 Å². The number of H-pyrrole nitrogens is 1. The minimum absolute atomic E-state index is 0.0218. The second-order valence-electron chi connectivity index (χ2n) is 9.07. The van der Waals surface area contributed by atoms with Gasteiger partial charge in [0.2, 0.25) is 5.56 Å².